The van der Waals surface area contributed by atoms with Gasteiger partial charge in [-0.05, 0) is 72.9 Å². The van der Waals surface area contributed by atoms with Gasteiger partial charge >= 0.3 is 6.18 Å². The van der Waals surface area contributed by atoms with Gasteiger partial charge in [0.25, 0.3) is 0 Å². The van der Waals surface area contributed by atoms with Crippen molar-refractivity contribution in [2.75, 3.05) is 16.4 Å². The molecule has 8 heteroatoms. The second kappa shape index (κ2) is 12.2. The van der Waals surface area contributed by atoms with Crippen molar-refractivity contribution in [3.8, 4) is 0 Å². The molecule has 35 heavy (non-hydrogen) atoms. The van der Waals surface area contributed by atoms with Crippen molar-refractivity contribution in [1.29, 1.82) is 0 Å². The third kappa shape index (κ3) is 8.63. The zero-order valence-electron chi connectivity index (χ0n) is 19.3. The minimum absolute atomic E-state index is 0.110. The molecule has 0 bridgehead atoms. The van der Waals surface area contributed by atoms with E-state index >= 15 is 0 Å². The van der Waals surface area contributed by atoms with Crippen LogP contribution in [0.4, 0.5) is 34.6 Å². The van der Waals surface area contributed by atoms with E-state index in [0.717, 1.165) is 49.8 Å². The van der Waals surface area contributed by atoms with Gasteiger partial charge in [-0.25, -0.2) is 4.39 Å². The maximum absolute atomic E-state index is 12.9. The van der Waals surface area contributed by atoms with Crippen molar-refractivity contribution in [1.82, 2.24) is 0 Å². The van der Waals surface area contributed by atoms with Crippen LogP contribution in [0.1, 0.15) is 48.8 Å². The average molecular weight is 488 g/mol. The lowest BCUT2D eigenvalue weighted by molar-refractivity contribution is -0.137. The summed E-state index contributed by atoms with van der Waals surface area (Å²) in [6, 6.07) is 16.6. The van der Waals surface area contributed by atoms with Crippen molar-refractivity contribution < 1.29 is 22.4 Å². The topological polar surface area (TPSA) is 67.2 Å². The zero-order chi connectivity index (χ0) is 25.3. The summed E-state index contributed by atoms with van der Waals surface area (Å²) >= 11 is 0. The number of amides is 1. The SMILES string of the molecule is Nc1cc(NCc2ccc(C(F)(F)F)cc2)ccc1NC(=O)CCCCCCc1ccc(F)cc1. The molecule has 4 nitrogen and oxygen atoms in total. The first kappa shape index (κ1) is 26.1. The molecule has 3 aromatic carbocycles. The number of nitrogen functional groups attached to an aromatic ring is 1. The molecular weight excluding hydrogens is 458 g/mol. The van der Waals surface area contributed by atoms with Crippen molar-refractivity contribution in [2.45, 2.75) is 51.2 Å². The number of carbonyl (C=O) groups excluding carboxylic acids is 1. The fraction of sp³-hybridized carbons (Fsp3) is 0.296. The Morgan fingerprint density at radius 1 is 0.829 bits per heavy atom. The van der Waals surface area contributed by atoms with Gasteiger partial charge in [0.1, 0.15) is 5.82 Å². The highest BCUT2D eigenvalue weighted by Gasteiger charge is 2.29. The van der Waals surface area contributed by atoms with E-state index in [9.17, 15) is 22.4 Å². The van der Waals surface area contributed by atoms with E-state index in [-0.39, 0.29) is 11.7 Å². The summed E-state index contributed by atoms with van der Waals surface area (Å²) < 4.78 is 50.9. The summed E-state index contributed by atoms with van der Waals surface area (Å²) in [7, 11) is 0. The number of hydrogen-bond donors (Lipinski definition) is 3. The van der Waals surface area contributed by atoms with Crippen LogP contribution in [-0.2, 0) is 23.9 Å². The van der Waals surface area contributed by atoms with Crippen LogP contribution < -0.4 is 16.4 Å². The van der Waals surface area contributed by atoms with E-state index in [2.05, 4.69) is 10.6 Å². The molecular formula is C27H29F4N3O. The van der Waals surface area contributed by atoms with Crippen LogP contribution in [0.2, 0.25) is 0 Å². The minimum Gasteiger partial charge on any atom is -0.397 e. The van der Waals surface area contributed by atoms with Gasteiger partial charge in [-0.1, -0.05) is 37.1 Å². The molecule has 3 aromatic rings. The van der Waals surface area contributed by atoms with Crippen molar-refractivity contribution in [3.63, 3.8) is 0 Å². The molecule has 186 valence electrons. The Bertz CT molecular complexity index is 1100. The van der Waals surface area contributed by atoms with Crippen LogP contribution >= 0.6 is 0 Å². The van der Waals surface area contributed by atoms with Gasteiger partial charge in [-0.15, -0.1) is 0 Å². The first-order valence-corrected chi connectivity index (χ1v) is 11.5. The largest absolute Gasteiger partial charge is 0.416 e. The number of benzene rings is 3. The number of rotatable bonds is 11. The van der Waals surface area contributed by atoms with Crippen LogP contribution in [0.15, 0.2) is 66.7 Å². The Morgan fingerprint density at radius 3 is 2.14 bits per heavy atom. The fourth-order valence-electron chi connectivity index (χ4n) is 3.63. The second-order valence-electron chi connectivity index (χ2n) is 8.44. The summed E-state index contributed by atoms with van der Waals surface area (Å²) in [4.78, 5) is 12.2. The van der Waals surface area contributed by atoms with Gasteiger partial charge in [0.2, 0.25) is 5.91 Å². The summed E-state index contributed by atoms with van der Waals surface area (Å²) in [5.41, 5.74) is 8.80. The first-order valence-electron chi connectivity index (χ1n) is 11.5. The molecule has 0 spiro atoms. The molecule has 3 rings (SSSR count). The maximum Gasteiger partial charge on any atom is 0.416 e. The Morgan fingerprint density at radius 2 is 1.49 bits per heavy atom. The van der Waals surface area contributed by atoms with Gasteiger partial charge in [0.05, 0.1) is 16.9 Å². The van der Waals surface area contributed by atoms with E-state index in [4.69, 9.17) is 5.73 Å². The molecule has 0 aliphatic heterocycles. The van der Waals surface area contributed by atoms with E-state index in [1.807, 2.05) is 0 Å². The molecule has 0 unspecified atom stereocenters. The normalized spacial score (nSPS) is 11.3. The Balaban J connectivity index is 1.36. The molecule has 0 aromatic heterocycles. The van der Waals surface area contributed by atoms with Crippen LogP contribution in [0.5, 0.6) is 0 Å². The lowest BCUT2D eigenvalue weighted by atomic mass is 10.1. The Kier molecular flexibility index (Phi) is 9.11. The molecule has 0 saturated carbocycles. The number of hydrogen-bond acceptors (Lipinski definition) is 3. The number of carbonyl (C=O) groups is 1. The predicted molar refractivity (Wildman–Crippen MR) is 131 cm³/mol. The van der Waals surface area contributed by atoms with Gasteiger partial charge in [0.15, 0.2) is 0 Å². The molecule has 1 amide bonds. The Labute approximate surface area is 202 Å². The zero-order valence-corrected chi connectivity index (χ0v) is 19.3. The lowest BCUT2D eigenvalue weighted by Crippen LogP contribution is -2.12. The second-order valence-corrected chi connectivity index (χ2v) is 8.44. The predicted octanol–water partition coefficient (Wildman–Crippen LogP) is 7.17. The van der Waals surface area contributed by atoms with E-state index in [1.54, 1.807) is 30.3 Å². The molecule has 4 N–H and O–H groups in total. The summed E-state index contributed by atoms with van der Waals surface area (Å²) in [5.74, 6) is -0.342. The van der Waals surface area contributed by atoms with Gasteiger partial charge in [0, 0.05) is 18.7 Å². The quantitative estimate of drug-likeness (QED) is 0.153. The third-order valence-corrected chi connectivity index (χ3v) is 5.64. The van der Waals surface area contributed by atoms with Crippen LogP contribution in [-0.4, -0.2) is 5.91 Å². The lowest BCUT2D eigenvalue weighted by Gasteiger charge is -2.12. The van der Waals surface area contributed by atoms with Gasteiger partial charge in [-0.3, -0.25) is 4.79 Å². The minimum atomic E-state index is -4.36. The fourth-order valence-corrected chi connectivity index (χ4v) is 3.63. The summed E-state index contributed by atoms with van der Waals surface area (Å²) in [5, 5.41) is 5.94. The first-order chi connectivity index (χ1) is 16.7. The van der Waals surface area contributed by atoms with E-state index in [0.29, 0.717) is 35.6 Å². The summed E-state index contributed by atoms with van der Waals surface area (Å²) in [6.45, 7) is 0.338. The number of halogens is 4. The van der Waals surface area contributed by atoms with Gasteiger partial charge < -0.3 is 16.4 Å². The standard InChI is InChI=1S/C27H29F4N3O/c28-22-13-9-19(10-14-22)5-3-1-2-4-6-26(35)34-25-16-15-23(17-24(25)32)33-18-20-7-11-21(12-8-20)27(29,30)31/h7-17,33H,1-6,18,32H2,(H,34,35). The monoisotopic (exact) mass is 487 g/mol. The van der Waals surface area contributed by atoms with Crippen LogP contribution in [0.3, 0.4) is 0 Å². The van der Waals surface area contributed by atoms with Crippen molar-refractivity contribution in [2.24, 2.45) is 0 Å². The number of alkyl halides is 3. The molecule has 0 saturated heterocycles. The Hall–Kier alpha value is -3.55. The number of anilines is 3. The maximum atomic E-state index is 12.9. The third-order valence-electron chi connectivity index (χ3n) is 5.64. The number of unbranched alkanes of at least 4 members (excludes halogenated alkanes) is 3. The van der Waals surface area contributed by atoms with E-state index in [1.165, 1.54) is 24.3 Å². The highest BCUT2D eigenvalue weighted by atomic mass is 19.4. The molecule has 0 atom stereocenters. The number of aryl methyl sites for hydroxylation is 1. The van der Waals surface area contributed by atoms with Gasteiger partial charge in [-0.2, -0.15) is 13.2 Å². The van der Waals surface area contributed by atoms with E-state index < -0.39 is 11.7 Å². The average Bonchev–Trinajstić information content (AvgIpc) is 2.82. The molecule has 0 radical (unpaired) electrons. The summed E-state index contributed by atoms with van der Waals surface area (Å²) in [6.07, 6.45) is 0.601. The van der Waals surface area contributed by atoms with Crippen molar-refractivity contribution in [3.05, 3.63) is 89.2 Å². The number of nitrogens with two attached hydrogens (primary N) is 1. The van der Waals surface area contributed by atoms with Crippen LogP contribution in [0, 0.1) is 5.82 Å². The number of nitrogens with one attached hydrogen (secondary N) is 2. The smallest absolute Gasteiger partial charge is 0.397 e. The highest BCUT2D eigenvalue weighted by Crippen LogP contribution is 2.29. The van der Waals surface area contributed by atoms with Crippen molar-refractivity contribution >= 4 is 23.0 Å². The molecule has 0 aliphatic rings. The molecule has 0 heterocycles. The molecule has 0 fully saturated rings. The highest BCUT2D eigenvalue weighted by molar-refractivity contribution is 5.94. The van der Waals surface area contributed by atoms with Crippen LogP contribution in [0.25, 0.3) is 0 Å². The molecule has 0 aliphatic carbocycles.